The number of rotatable bonds is 6. The molecule has 0 radical (unpaired) electrons. The molecule has 4 heteroatoms. The summed E-state index contributed by atoms with van der Waals surface area (Å²) >= 11 is 3.53. The van der Waals surface area contributed by atoms with E-state index >= 15 is 0 Å². The Hall–Kier alpha value is -0.870. The van der Waals surface area contributed by atoms with E-state index in [-0.39, 0.29) is 11.3 Å². The van der Waals surface area contributed by atoms with Gasteiger partial charge in [0.25, 0.3) is 0 Å². The maximum atomic E-state index is 11.8. The smallest absolute Gasteiger partial charge is 0.234 e. The molecule has 3 nitrogen and oxygen atoms in total. The van der Waals surface area contributed by atoms with Gasteiger partial charge in [0.1, 0.15) is 0 Å². The van der Waals surface area contributed by atoms with Gasteiger partial charge in [0.15, 0.2) is 0 Å². The molecule has 0 aliphatic heterocycles. The minimum absolute atomic E-state index is 0.0869. The van der Waals surface area contributed by atoms with E-state index < -0.39 is 0 Å². The molecule has 1 aromatic carbocycles. The van der Waals surface area contributed by atoms with Crippen LogP contribution < -0.4 is 5.32 Å². The van der Waals surface area contributed by atoms with Crippen LogP contribution in [0.15, 0.2) is 28.7 Å². The van der Waals surface area contributed by atoms with Crippen molar-refractivity contribution >= 4 is 21.8 Å². The summed E-state index contributed by atoms with van der Waals surface area (Å²) in [5, 5.41) is 2.98. The zero-order valence-corrected chi connectivity index (χ0v) is 14.5. The van der Waals surface area contributed by atoms with Crippen molar-refractivity contribution in [3.05, 3.63) is 34.3 Å². The average molecular weight is 341 g/mol. The maximum absolute atomic E-state index is 11.8. The number of hydrogen-bond acceptors (Lipinski definition) is 2. The highest BCUT2D eigenvalue weighted by Crippen LogP contribution is 2.18. The van der Waals surface area contributed by atoms with E-state index in [9.17, 15) is 4.79 Å². The summed E-state index contributed by atoms with van der Waals surface area (Å²) in [6.45, 7) is 8.46. The minimum Gasteiger partial charge on any atom is -0.355 e. The number of nitrogens with zero attached hydrogens (tertiary/aromatic N) is 1. The molecule has 0 aliphatic rings. The lowest BCUT2D eigenvalue weighted by molar-refractivity contribution is -0.122. The Morgan fingerprint density at radius 1 is 1.30 bits per heavy atom. The summed E-state index contributed by atoms with van der Waals surface area (Å²) < 4.78 is 1.08. The number of nitrogens with one attached hydrogen (secondary N) is 1. The Morgan fingerprint density at radius 3 is 2.55 bits per heavy atom. The number of halogens is 1. The molecule has 0 bridgehead atoms. The van der Waals surface area contributed by atoms with Crippen molar-refractivity contribution in [3.63, 3.8) is 0 Å². The van der Waals surface area contributed by atoms with Crippen LogP contribution in [-0.4, -0.2) is 30.9 Å². The normalized spacial score (nSPS) is 11.7. The van der Waals surface area contributed by atoms with Crippen LogP contribution in [-0.2, 0) is 11.3 Å². The van der Waals surface area contributed by atoms with Crippen molar-refractivity contribution in [1.82, 2.24) is 10.2 Å². The van der Waals surface area contributed by atoms with Crippen molar-refractivity contribution < 1.29 is 4.79 Å². The lowest BCUT2D eigenvalue weighted by atomic mass is 9.92. The molecule has 0 unspecified atom stereocenters. The second-order valence-electron chi connectivity index (χ2n) is 6.42. The molecule has 20 heavy (non-hydrogen) atoms. The highest BCUT2D eigenvalue weighted by molar-refractivity contribution is 9.10. The fourth-order valence-corrected chi connectivity index (χ4v) is 2.26. The summed E-state index contributed by atoms with van der Waals surface area (Å²) in [5.74, 6) is 0.0869. The van der Waals surface area contributed by atoms with E-state index in [0.29, 0.717) is 6.54 Å². The van der Waals surface area contributed by atoms with Crippen LogP contribution in [0.25, 0.3) is 0 Å². The second-order valence-corrected chi connectivity index (χ2v) is 7.28. The zero-order valence-electron chi connectivity index (χ0n) is 12.9. The van der Waals surface area contributed by atoms with Crippen LogP contribution in [0.5, 0.6) is 0 Å². The van der Waals surface area contributed by atoms with Crippen LogP contribution in [0.1, 0.15) is 32.8 Å². The number of carbonyl (C=O) groups is 1. The highest BCUT2D eigenvalue weighted by Gasteiger charge is 2.12. The summed E-state index contributed by atoms with van der Waals surface area (Å²) in [5.41, 5.74) is 1.45. The monoisotopic (exact) mass is 340 g/mol. The predicted octanol–water partition coefficient (Wildman–Crippen LogP) is 3.43. The first-order valence-corrected chi connectivity index (χ1v) is 7.76. The van der Waals surface area contributed by atoms with Gasteiger partial charge in [0.2, 0.25) is 5.91 Å². The van der Waals surface area contributed by atoms with Gasteiger partial charge >= 0.3 is 0 Å². The van der Waals surface area contributed by atoms with Crippen LogP contribution in [0.3, 0.4) is 0 Å². The number of likely N-dealkylation sites (N-methyl/N-ethyl adjacent to an activating group) is 1. The highest BCUT2D eigenvalue weighted by atomic mass is 79.9. The molecule has 0 saturated carbocycles. The SMILES string of the molecule is CN(CC(=O)NCCC(C)(C)C)Cc1ccccc1Br. The zero-order chi connectivity index (χ0) is 15.2. The Morgan fingerprint density at radius 2 is 1.95 bits per heavy atom. The Bertz CT molecular complexity index is 440. The number of benzene rings is 1. The Labute approximate surface area is 130 Å². The quantitative estimate of drug-likeness (QED) is 0.860. The van der Waals surface area contributed by atoms with Gasteiger partial charge in [-0.2, -0.15) is 0 Å². The van der Waals surface area contributed by atoms with Gasteiger partial charge in [0, 0.05) is 17.6 Å². The van der Waals surface area contributed by atoms with Gasteiger partial charge in [0.05, 0.1) is 6.54 Å². The van der Waals surface area contributed by atoms with E-state index in [1.54, 1.807) is 0 Å². The molecule has 0 heterocycles. The summed E-state index contributed by atoms with van der Waals surface area (Å²) in [6, 6.07) is 8.09. The topological polar surface area (TPSA) is 32.3 Å². The lowest BCUT2D eigenvalue weighted by Gasteiger charge is -2.20. The molecule has 0 saturated heterocycles. The number of carbonyl (C=O) groups excluding carboxylic acids is 1. The van der Waals surface area contributed by atoms with Crippen molar-refractivity contribution in [2.24, 2.45) is 5.41 Å². The van der Waals surface area contributed by atoms with E-state index in [2.05, 4.69) is 48.1 Å². The largest absolute Gasteiger partial charge is 0.355 e. The number of hydrogen-bond donors (Lipinski definition) is 1. The molecule has 1 N–H and O–H groups in total. The molecule has 0 atom stereocenters. The van der Waals surface area contributed by atoms with Crippen molar-refractivity contribution in [1.29, 1.82) is 0 Å². The fraction of sp³-hybridized carbons (Fsp3) is 0.562. The summed E-state index contributed by atoms with van der Waals surface area (Å²) in [6.07, 6.45) is 0.993. The van der Waals surface area contributed by atoms with Gasteiger partial charge in [-0.25, -0.2) is 0 Å². The maximum Gasteiger partial charge on any atom is 0.234 e. The van der Waals surface area contributed by atoms with E-state index in [1.165, 1.54) is 5.56 Å². The standard InChI is InChI=1S/C16H25BrN2O/c1-16(2,3)9-10-18-15(20)12-19(4)11-13-7-5-6-8-14(13)17/h5-8H,9-12H2,1-4H3,(H,18,20). The van der Waals surface area contributed by atoms with Gasteiger partial charge in [-0.05, 0) is 30.5 Å². The average Bonchev–Trinajstić information content (AvgIpc) is 2.30. The lowest BCUT2D eigenvalue weighted by Crippen LogP contribution is -2.36. The third kappa shape index (κ3) is 7.06. The van der Waals surface area contributed by atoms with Crippen LogP contribution in [0.2, 0.25) is 0 Å². The first-order chi connectivity index (χ1) is 9.28. The van der Waals surface area contributed by atoms with Crippen LogP contribution >= 0.6 is 15.9 Å². The van der Waals surface area contributed by atoms with Crippen molar-refractivity contribution in [2.45, 2.75) is 33.7 Å². The van der Waals surface area contributed by atoms with Crippen molar-refractivity contribution in [3.8, 4) is 0 Å². The van der Waals surface area contributed by atoms with E-state index in [4.69, 9.17) is 0 Å². The van der Waals surface area contributed by atoms with Gasteiger partial charge in [-0.15, -0.1) is 0 Å². The van der Waals surface area contributed by atoms with Crippen LogP contribution in [0.4, 0.5) is 0 Å². The summed E-state index contributed by atoms with van der Waals surface area (Å²) in [7, 11) is 1.96. The third-order valence-electron chi connectivity index (χ3n) is 3.01. The molecule has 0 fully saturated rings. The van der Waals surface area contributed by atoms with E-state index in [0.717, 1.165) is 24.0 Å². The molecular weight excluding hydrogens is 316 g/mol. The second kappa shape index (κ2) is 7.79. The molecule has 0 spiro atoms. The third-order valence-corrected chi connectivity index (χ3v) is 3.78. The van der Waals surface area contributed by atoms with Gasteiger partial charge < -0.3 is 5.32 Å². The predicted molar refractivity (Wildman–Crippen MR) is 87.6 cm³/mol. The first-order valence-electron chi connectivity index (χ1n) is 6.96. The molecule has 112 valence electrons. The number of amides is 1. The molecule has 1 amide bonds. The Balaban J connectivity index is 2.33. The molecule has 1 rings (SSSR count). The molecular formula is C16H25BrN2O. The van der Waals surface area contributed by atoms with Gasteiger partial charge in [-0.3, -0.25) is 9.69 Å². The van der Waals surface area contributed by atoms with Crippen molar-refractivity contribution in [2.75, 3.05) is 20.1 Å². The molecule has 0 aromatic heterocycles. The fourth-order valence-electron chi connectivity index (χ4n) is 1.85. The molecule has 0 aliphatic carbocycles. The molecule has 1 aromatic rings. The minimum atomic E-state index is 0.0869. The van der Waals surface area contributed by atoms with Crippen LogP contribution in [0, 0.1) is 5.41 Å². The van der Waals surface area contributed by atoms with E-state index in [1.807, 2.05) is 30.1 Å². The first kappa shape index (κ1) is 17.2. The Kier molecular flexibility index (Phi) is 6.69. The summed E-state index contributed by atoms with van der Waals surface area (Å²) in [4.78, 5) is 13.9. The van der Waals surface area contributed by atoms with Gasteiger partial charge in [-0.1, -0.05) is 54.9 Å².